The molecule has 1 aliphatic heterocycles. The topological polar surface area (TPSA) is 85.8 Å². The van der Waals surface area contributed by atoms with Crippen LogP contribution in [0.1, 0.15) is 6.92 Å². The first-order valence-electron chi connectivity index (χ1n) is 10.1. The number of morpholine rings is 1. The zero-order valence-corrected chi connectivity index (χ0v) is 18.4. The molecular weight excluding hydrogens is 439 g/mol. The maximum absolute atomic E-state index is 14.5. The van der Waals surface area contributed by atoms with Crippen LogP contribution >= 0.6 is 11.6 Å². The lowest BCUT2D eigenvalue weighted by molar-refractivity contribution is -0.151. The van der Waals surface area contributed by atoms with Gasteiger partial charge in [-0.05, 0) is 31.2 Å². The van der Waals surface area contributed by atoms with E-state index in [2.05, 4.69) is 15.3 Å². The van der Waals surface area contributed by atoms with E-state index in [1.165, 1.54) is 13.2 Å². The van der Waals surface area contributed by atoms with E-state index in [1.54, 1.807) is 42.2 Å². The highest BCUT2D eigenvalue weighted by molar-refractivity contribution is 6.31. The number of benzene rings is 2. The van der Waals surface area contributed by atoms with Crippen LogP contribution < -0.4 is 14.8 Å². The van der Waals surface area contributed by atoms with Crippen molar-refractivity contribution in [2.24, 2.45) is 0 Å². The Morgan fingerprint density at radius 1 is 1.28 bits per heavy atom. The molecule has 0 spiro atoms. The van der Waals surface area contributed by atoms with Crippen molar-refractivity contribution in [3.05, 3.63) is 47.2 Å². The smallest absolute Gasteiger partial charge is 0.318 e. The number of carbonyl (C=O) groups is 1. The lowest BCUT2D eigenvalue weighted by Crippen LogP contribution is -2.47. The van der Waals surface area contributed by atoms with Crippen LogP contribution in [-0.4, -0.2) is 60.3 Å². The number of amides is 1. The summed E-state index contributed by atoms with van der Waals surface area (Å²) >= 11 is 5.91. The first-order chi connectivity index (χ1) is 15.5. The number of halogens is 2. The van der Waals surface area contributed by atoms with Crippen LogP contribution in [0, 0.1) is 5.82 Å². The van der Waals surface area contributed by atoms with Crippen molar-refractivity contribution in [1.29, 1.82) is 0 Å². The zero-order valence-electron chi connectivity index (χ0n) is 17.6. The number of nitrogens with zero attached hydrogens (tertiary/aromatic N) is 3. The Morgan fingerprint density at radius 2 is 2.09 bits per heavy atom. The number of aromatic nitrogens is 2. The summed E-state index contributed by atoms with van der Waals surface area (Å²) in [6.45, 7) is 3.41. The number of methoxy groups -OCH3 is 1. The van der Waals surface area contributed by atoms with Crippen LogP contribution in [0.3, 0.4) is 0 Å². The van der Waals surface area contributed by atoms with E-state index in [1.807, 2.05) is 0 Å². The van der Waals surface area contributed by atoms with Crippen LogP contribution in [0.25, 0.3) is 10.9 Å². The minimum absolute atomic E-state index is 0.0128. The van der Waals surface area contributed by atoms with Crippen molar-refractivity contribution in [3.8, 4) is 11.8 Å². The van der Waals surface area contributed by atoms with Crippen LogP contribution in [0.4, 0.5) is 15.9 Å². The van der Waals surface area contributed by atoms with Gasteiger partial charge in [0.15, 0.2) is 5.82 Å². The summed E-state index contributed by atoms with van der Waals surface area (Å²) in [5.74, 6) is 0.131. The molecule has 0 bridgehead atoms. The molecule has 0 radical (unpaired) electrons. The van der Waals surface area contributed by atoms with E-state index in [4.69, 9.17) is 25.8 Å². The fraction of sp³-hybridized carbons (Fsp3) is 0.318. The summed E-state index contributed by atoms with van der Waals surface area (Å²) in [5.41, 5.74) is 0.706. The van der Waals surface area contributed by atoms with Gasteiger partial charge in [0.1, 0.15) is 24.3 Å². The predicted molar refractivity (Wildman–Crippen MR) is 118 cm³/mol. The average molecular weight is 461 g/mol. The van der Waals surface area contributed by atoms with Gasteiger partial charge in [-0.1, -0.05) is 23.7 Å². The summed E-state index contributed by atoms with van der Waals surface area (Å²) in [5, 5.41) is 3.51. The van der Waals surface area contributed by atoms with Crippen molar-refractivity contribution in [3.63, 3.8) is 0 Å². The molecule has 0 unspecified atom stereocenters. The minimum Gasteiger partial charge on any atom is -0.491 e. The lowest BCUT2D eigenvalue weighted by Gasteiger charge is -2.30. The number of carbonyl (C=O) groups excluding carboxylic acids is 1. The molecule has 0 aliphatic carbocycles. The summed E-state index contributed by atoms with van der Waals surface area (Å²) < 4.78 is 31.0. The fourth-order valence-corrected chi connectivity index (χ4v) is 3.60. The average Bonchev–Trinajstić information content (AvgIpc) is 2.79. The quantitative estimate of drug-likeness (QED) is 0.574. The van der Waals surface area contributed by atoms with Gasteiger partial charge in [0.05, 0.1) is 41.9 Å². The molecule has 1 N–H and O–H groups in total. The highest BCUT2D eigenvalue weighted by Crippen LogP contribution is 2.34. The minimum atomic E-state index is -0.599. The maximum atomic E-state index is 14.5. The molecule has 2 heterocycles. The number of hydrogen-bond donors (Lipinski definition) is 1. The Bertz CT molecular complexity index is 1150. The normalized spacial score (nSPS) is 16.3. The van der Waals surface area contributed by atoms with Gasteiger partial charge in [-0.2, -0.15) is 9.97 Å². The van der Waals surface area contributed by atoms with Gasteiger partial charge in [-0.3, -0.25) is 4.79 Å². The Morgan fingerprint density at radius 3 is 2.91 bits per heavy atom. The Labute approximate surface area is 189 Å². The van der Waals surface area contributed by atoms with Crippen LogP contribution in [-0.2, 0) is 9.53 Å². The Kier molecular flexibility index (Phi) is 6.57. The van der Waals surface area contributed by atoms with Gasteiger partial charge >= 0.3 is 6.01 Å². The molecule has 1 aromatic heterocycles. The van der Waals surface area contributed by atoms with E-state index >= 15 is 0 Å². The van der Waals surface area contributed by atoms with Crippen molar-refractivity contribution in [2.45, 2.75) is 13.0 Å². The second-order valence-corrected chi connectivity index (χ2v) is 7.53. The fourth-order valence-electron chi connectivity index (χ4n) is 3.43. The zero-order chi connectivity index (χ0) is 22.7. The van der Waals surface area contributed by atoms with Crippen molar-refractivity contribution < 1.29 is 23.4 Å². The highest BCUT2D eigenvalue weighted by Gasteiger charge is 2.25. The summed E-state index contributed by atoms with van der Waals surface area (Å²) in [6, 6.07) is 10.1. The van der Waals surface area contributed by atoms with Crippen molar-refractivity contribution in [1.82, 2.24) is 14.9 Å². The number of rotatable bonds is 7. The highest BCUT2D eigenvalue weighted by atomic mass is 35.5. The van der Waals surface area contributed by atoms with Crippen LogP contribution in [0.15, 0.2) is 36.4 Å². The molecule has 1 atom stereocenters. The molecule has 2 aromatic carbocycles. The number of ether oxygens (including phenoxy) is 3. The number of hydrogen-bond acceptors (Lipinski definition) is 7. The molecule has 1 saturated heterocycles. The van der Waals surface area contributed by atoms with Gasteiger partial charge < -0.3 is 24.4 Å². The van der Waals surface area contributed by atoms with Crippen molar-refractivity contribution >= 4 is 39.9 Å². The van der Waals surface area contributed by atoms with E-state index in [9.17, 15) is 9.18 Å². The second-order valence-electron chi connectivity index (χ2n) is 7.12. The molecule has 4 rings (SSSR count). The Hall–Kier alpha value is -3.17. The van der Waals surface area contributed by atoms with Gasteiger partial charge in [-0.15, -0.1) is 0 Å². The summed E-state index contributed by atoms with van der Waals surface area (Å²) in [4.78, 5) is 22.6. The summed E-state index contributed by atoms with van der Waals surface area (Å²) in [6.07, 6.45) is -0.453. The number of anilines is 2. The van der Waals surface area contributed by atoms with Gasteiger partial charge in [0.25, 0.3) is 5.91 Å². The third-order valence-corrected chi connectivity index (χ3v) is 5.35. The van der Waals surface area contributed by atoms with Crippen LogP contribution in [0.2, 0.25) is 5.02 Å². The number of nitrogens with one attached hydrogen (secondary N) is 1. The predicted octanol–water partition coefficient (Wildman–Crippen LogP) is 3.80. The van der Waals surface area contributed by atoms with E-state index in [0.29, 0.717) is 42.2 Å². The largest absolute Gasteiger partial charge is 0.491 e. The maximum Gasteiger partial charge on any atom is 0.318 e. The van der Waals surface area contributed by atoms with E-state index in [-0.39, 0.29) is 29.2 Å². The van der Waals surface area contributed by atoms with E-state index < -0.39 is 11.9 Å². The lowest BCUT2D eigenvalue weighted by atomic mass is 10.2. The van der Waals surface area contributed by atoms with Gasteiger partial charge in [0, 0.05) is 6.54 Å². The molecule has 10 heteroatoms. The molecule has 168 valence electrons. The van der Waals surface area contributed by atoms with Crippen molar-refractivity contribution in [2.75, 3.05) is 38.7 Å². The molecule has 1 aliphatic rings. The first-order valence-corrected chi connectivity index (χ1v) is 10.4. The molecule has 1 fully saturated rings. The standard InChI is InChI=1S/C22H22ClFN4O4/c1-13-21(29)28(9-11-31-13)10-12-32-17-8-4-6-15-18(17)20(27-22(26-15)30-2)25-16-7-3-5-14(23)19(16)24/h3-8,13H,9-12H2,1-2H3,(H,25,26,27)/t13-/m0/s1. The SMILES string of the molecule is COc1nc(Nc2cccc(Cl)c2F)c2c(OCCN3CCO[C@@H](C)C3=O)cccc2n1. The monoisotopic (exact) mass is 460 g/mol. The Balaban J connectivity index is 1.63. The third-order valence-electron chi connectivity index (χ3n) is 5.06. The number of fused-ring (bicyclic) bond motifs is 1. The first kappa shape index (κ1) is 22.0. The van der Waals surface area contributed by atoms with Gasteiger partial charge in [0.2, 0.25) is 0 Å². The molecule has 0 saturated carbocycles. The second kappa shape index (κ2) is 9.54. The molecular formula is C22H22ClFN4O4. The van der Waals surface area contributed by atoms with Crippen LogP contribution in [0.5, 0.6) is 11.8 Å². The third kappa shape index (κ3) is 4.53. The molecule has 32 heavy (non-hydrogen) atoms. The van der Waals surface area contributed by atoms with Gasteiger partial charge in [-0.25, -0.2) is 4.39 Å². The summed E-state index contributed by atoms with van der Waals surface area (Å²) in [7, 11) is 1.45. The van der Waals surface area contributed by atoms with E-state index in [0.717, 1.165) is 0 Å². The molecule has 8 nitrogen and oxygen atoms in total. The molecule has 1 amide bonds. The molecule has 3 aromatic rings.